The van der Waals surface area contributed by atoms with Crippen molar-refractivity contribution in [1.29, 1.82) is 0 Å². The third-order valence-electron chi connectivity index (χ3n) is 2.59. The van der Waals surface area contributed by atoms with Crippen LogP contribution in [-0.4, -0.2) is 35.7 Å². The quantitative estimate of drug-likeness (QED) is 0.752. The topological polar surface area (TPSA) is 51.2 Å². The van der Waals surface area contributed by atoms with E-state index in [4.69, 9.17) is 11.6 Å². The molecule has 0 radical (unpaired) electrons. The maximum atomic E-state index is 12.1. The lowest BCUT2D eigenvalue weighted by Crippen LogP contribution is -2.17. The Balaban J connectivity index is 2.12. The van der Waals surface area contributed by atoms with Crippen molar-refractivity contribution in [2.45, 2.75) is 10.6 Å². The van der Waals surface area contributed by atoms with Gasteiger partial charge in [0, 0.05) is 15.3 Å². The van der Waals surface area contributed by atoms with Gasteiger partial charge in [0.05, 0.1) is 16.9 Å². The van der Waals surface area contributed by atoms with Crippen molar-refractivity contribution in [1.82, 2.24) is 0 Å². The number of halogens is 2. The van der Waals surface area contributed by atoms with E-state index < -0.39 is 15.2 Å². The summed E-state index contributed by atoms with van der Waals surface area (Å²) >= 11 is 10.3. The zero-order chi connectivity index (χ0) is 13.3. The van der Waals surface area contributed by atoms with Crippen molar-refractivity contribution in [3.8, 4) is 0 Å². The molecule has 1 aliphatic rings. The Morgan fingerprint density at radius 1 is 1.33 bits per heavy atom. The van der Waals surface area contributed by atoms with Gasteiger partial charge >= 0.3 is 0 Å². The number of benzene rings is 1. The van der Waals surface area contributed by atoms with Crippen LogP contribution in [0.1, 0.15) is 10.4 Å². The van der Waals surface area contributed by atoms with Crippen LogP contribution in [0.2, 0.25) is 0 Å². The third-order valence-corrected chi connectivity index (χ3v) is 7.25. The van der Waals surface area contributed by atoms with Gasteiger partial charge in [-0.05, 0) is 12.1 Å². The molecule has 0 aliphatic carbocycles. The van der Waals surface area contributed by atoms with E-state index in [0.29, 0.717) is 10.0 Å². The van der Waals surface area contributed by atoms with E-state index >= 15 is 0 Å². The summed E-state index contributed by atoms with van der Waals surface area (Å²) in [6, 6.07) is 7.06. The molecule has 0 unspecified atom stereocenters. The summed E-state index contributed by atoms with van der Waals surface area (Å²) in [5.41, 5.74) is 0.538. The number of sulfone groups is 1. The molecule has 1 fully saturated rings. The molecule has 18 heavy (non-hydrogen) atoms. The maximum absolute atomic E-state index is 12.1. The van der Waals surface area contributed by atoms with Crippen LogP contribution in [0.15, 0.2) is 28.7 Å². The van der Waals surface area contributed by atoms with Gasteiger partial charge in [-0.25, -0.2) is 8.42 Å². The van der Waals surface area contributed by atoms with Gasteiger partial charge in [0.1, 0.15) is 0 Å². The highest BCUT2D eigenvalue weighted by molar-refractivity contribution is 9.10. The number of hydrogen-bond donors (Lipinski definition) is 0. The van der Waals surface area contributed by atoms with E-state index in [2.05, 4.69) is 15.9 Å². The predicted octanol–water partition coefficient (Wildman–Crippen LogP) is 2.73. The molecule has 0 spiro atoms. The highest BCUT2D eigenvalue weighted by Crippen LogP contribution is 2.32. The molecule has 0 saturated carbocycles. The SMILES string of the molecule is O=C(S[C@@H]1CS(=O)(=O)C[C@H]1Cl)c1ccccc1Br. The molecule has 1 saturated heterocycles. The Bertz CT molecular complexity index is 573. The van der Waals surface area contributed by atoms with Gasteiger partial charge < -0.3 is 0 Å². The first-order valence-electron chi connectivity index (χ1n) is 5.19. The Morgan fingerprint density at radius 3 is 2.56 bits per heavy atom. The maximum Gasteiger partial charge on any atom is 0.220 e. The molecule has 0 bridgehead atoms. The Kier molecular flexibility index (Phi) is 4.41. The molecule has 2 rings (SSSR count). The number of hydrogen-bond acceptors (Lipinski definition) is 4. The monoisotopic (exact) mass is 368 g/mol. The lowest BCUT2D eigenvalue weighted by atomic mass is 10.2. The molecule has 1 heterocycles. The second kappa shape index (κ2) is 5.53. The fourth-order valence-electron chi connectivity index (χ4n) is 1.71. The standard InChI is InChI=1S/C11H10BrClO3S2/c12-8-4-2-1-3-7(8)11(14)17-10-6-18(15,16)5-9(10)13/h1-4,9-10H,5-6H2/t9-,10-/m1/s1. The number of carbonyl (C=O) groups excluding carboxylic acids is 1. The smallest absolute Gasteiger partial charge is 0.220 e. The van der Waals surface area contributed by atoms with Crippen molar-refractivity contribution in [2.75, 3.05) is 11.5 Å². The first kappa shape index (κ1) is 14.4. The average molecular weight is 370 g/mol. The molecule has 0 N–H and O–H groups in total. The summed E-state index contributed by atoms with van der Waals surface area (Å²) in [5, 5.41) is -1.02. The van der Waals surface area contributed by atoms with Crippen molar-refractivity contribution in [2.24, 2.45) is 0 Å². The molecule has 2 atom stereocenters. The number of alkyl halides is 1. The average Bonchev–Trinajstić information content (AvgIpc) is 2.52. The van der Waals surface area contributed by atoms with Crippen LogP contribution < -0.4 is 0 Å². The van der Waals surface area contributed by atoms with Gasteiger partial charge in [-0.1, -0.05) is 39.8 Å². The summed E-state index contributed by atoms with van der Waals surface area (Å²) in [4.78, 5) is 12.1. The molecular formula is C11H10BrClO3S2. The normalized spacial score (nSPS) is 26.1. The van der Waals surface area contributed by atoms with Gasteiger partial charge in [0.25, 0.3) is 0 Å². The molecular weight excluding hydrogens is 360 g/mol. The summed E-state index contributed by atoms with van der Waals surface area (Å²) in [7, 11) is -3.10. The van der Waals surface area contributed by atoms with E-state index in [1.807, 2.05) is 6.07 Å². The molecule has 98 valence electrons. The van der Waals surface area contributed by atoms with Crippen molar-refractivity contribution in [3.63, 3.8) is 0 Å². The molecule has 0 aromatic heterocycles. The lowest BCUT2D eigenvalue weighted by molar-refractivity contribution is 0.108. The minimum Gasteiger partial charge on any atom is -0.282 e. The summed E-state index contributed by atoms with van der Waals surface area (Å²) in [6.45, 7) is 0. The van der Waals surface area contributed by atoms with Gasteiger partial charge in [-0.3, -0.25) is 4.79 Å². The molecule has 1 aliphatic heterocycles. The van der Waals surface area contributed by atoms with E-state index in [1.54, 1.807) is 18.2 Å². The summed E-state index contributed by atoms with van der Waals surface area (Å²) < 4.78 is 23.5. The minimum absolute atomic E-state index is 0.0258. The Morgan fingerprint density at radius 2 is 2.00 bits per heavy atom. The van der Waals surface area contributed by atoms with Crippen molar-refractivity contribution in [3.05, 3.63) is 34.3 Å². The van der Waals surface area contributed by atoms with Crippen LogP contribution in [-0.2, 0) is 9.84 Å². The van der Waals surface area contributed by atoms with Crippen LogP contribution in [0.5, 0.6) is 0 Å². The first-order chi connectivity index (χ1) is 8.39. The van der Waals surface area contributed by atoms with E-state index in [0.717, 1.165) is 11.8 Å². The van der Waals surface area contributed by atoms with Crippen molar-refractivity contribution >= 4 is 54.2 Å². The zero-order valence-electron chi connectivity index (χ0n) is 9.18. The van der Waals surface area contributed by atoms with Crippen LogP contribution in [0, 0.1) is 0 Å². The highest BCUT2D eigenvalue weighted by atomic mass is 79.9. The second-order valence-electron chi connectivity index (χ2n) is 4.02. The molecule has 1 aromatic rings. The largest absolute Gasteiger partial charge is 0.282 e. The van der Waals surface area contributed by atoms with Gasteiger partial charge in [0.2, 0.25) is 5.12 Å². The second-order valence-corrected chi connectivity index (χ2v) is 8.80. The Labute approximate surface area is 123 Å². The highest BCUT2D eigenvalue weighted by Gasteiger charge is 2.38. The Hall–Kier alpha value is -0.0400. The number of carbonyl (C=O) groups is 1. The van der Waals surface area contributed by atoms with Crippen LogP contribution >= 0.6 is 39.3 Å². The van der Waals surface area contributed by atoms with E-state index in [1.165, 1.54) is 0 Å². The lowest BCUT2D eigenvalue weighted by Gasteiger charge is -2.10. The molecule has 1 aromatic carbocycles. The van der Waals surface area contributed by atoms with Crippen LogP contribution in [0.25, 0.3) is 0 Å². The van der Waals surface area contributed by atoms with Gasteiger partial charge in [0.15, 0.2) is 9.84 Å². The molecule has 0 amide bonds. The third kappa shape index (κ3) is 3.29. The van der Waals surface area contributed by atoms with Gasteiger partial charge in [-0.15, -0.1) is 11.6 Å². The van der Waals surface area contributed by atoms with E-state index in [-0.39, 0.29) is 21.9 Å². The fraction of sp³-hybridized carbons (Fsp3) is 0.364. The molecule has 7 heteroatoms. The summed E-state index contributed by atoms with van der Waals surface area (Å²) in [6.07, 6.45) is 0. The van der Waals surface area contributed by atoms with E-state index in [9.17, 15) is 13.2 Å². The molecule has 3 nitrogen and oxygen atoms in total. The summed E-state index contributed by atoms with van der Waals surface area (Å²) in [5.74, 6) is -0.0719. The predicted molar refractivity (Wildman–Crippen MR) is 78.1 cm³/mol. The van der Waals surface area contributed by atoms with Gasteiger partial charge in [-0.2, -0.15) is 0 Å². The number of rotatable bonds is 2. The van der Waals surface area contributed by atoms with Crippen molar-refractivity contribution < 1.29 is 13.2 Å². The first-order valence-corrected chi connectivity index (χ1v) is 9.12. The fourth-order valence-corrected chi connectivity index (χ4v) is 6.66. The van der Waals surface area contributed by atoms with Crippen LogP contribution in [0.4, 0.5) is 0 Å². The van der Waals surface area contributed by atoms with Crippen LogP contribution in [0.3, 0.4) is 0 Å². The zero-order valence-corrected chi connectivity index (χ0v) is 13.2. The minimum atomic E-state index is -3.10. The number of thioether (sulfide) groups is 1.